The minimum absolute atomic E-state index is 0. The van der Waals surface area contributed by atoms with E-state index in [4.69, 9.17) is 0 Å². The summed E-state index contributed by atoms with van der Waals surface area (Å²) in [7, 11) is 0. The van der Waals surface area contributed by atoms with Gasteiger partial charge in [0, 0.05) is 46.9 Å². The van der Waals surface area contributed by atoms with E-state index in [0.717, 1.165) is 0 Å². The molecule has 0 aromatic rings. The predicted molar refractivity (Wildman–Crippen MR) is 82.8 cm³/mol. The molecule has 0 aromatic heterocycles. The maximum absolute atomic E-state index is 2.26. The molecule has 2 aliphatic rings. The van der Waals surface area contributed by atoms with E-state index in [1.54, 1.807) is 42.5 Å². The second-order valence-electron chi connectivity index (χ2n) is 5.07. The van der Waals surface area contributed by atoms with Crippen LogP contribution in [0.25, 0.3) is 0 Å². The average Bonchev–Trinajstić information content (AvgIpc) is 2.66. The second-order valence-corrected chi connectivity index (χ2v) is 11.6. The van der Waals surface area contributed by atoms with E-state index in [1.807, 2.05) is 0 Å². The van der Waals surface area contributed by atoms with Crippen LogP contribution in [0.1, 0.15) is 55.4 Å². The standard InChI is InChI=1S/2C8H12As.Yb/c2*1-5-6(2)8(4)9-7(5)3;/h2*1-4H3;. The Kier molecular flexibility index (Phi) is 11.0. The van der Waals surface area contributed by atoms with Crippen LogP contribution >= 0.6 is 0 Å². The average molecular weight is 539 g/mol. The molecule has 3 heteroatoms. The predicted octanol–water partition coefficient (Wildman–Crippen LogP) is 3.99. The van der Waals surface area contributed by atoms with Crippen molar-refractivity contribution in [2.75, 3.05) is 0 Å². The fraction of sp³-hybridized carbons (Fsp3) is 0.500. The summed E-state index contributed by atoms with van der Waals surface area (Å²) >= 11 is 0.860. The normalized spacial score (nSPS) is 26.5. The molecular formula is C16H24As2Yb. The molecule has 2 rings (SSSR count). The fourth-order valence-corrected chi connectivity index (χ4v) is 6.85. The zero-order valence-electron chi connectivity index (χ0n) is 13.2. The van der Waals surface area contributed by atoms with Crippen LogP contribution in [0, 0.1) is 89.4 Å². The number of rotatable bonds is 0. The zero-order valence-corrected chi connectivity index (χ0v) is 18.6. The van der Waals surface area contributed by atoms with Gasteiger partial charge in [-0.1, -0.05) is 0 Å². The molecule has 0 saturated carbocycles. The number of hydrogen-bond acceptors (Lipinski definition) is 0. The summed E-state index contributed by atoms with van der Waals surface area (Å²) in [5, 5.41) is 0. The quantitative estimate of drug-likeness (QED) is 0.409. The third-order valence-corrected chi connectivity index (χ3v) is 9.60. The van der Waals surface area contributed by atoms with Gasteiger partial charge in [-0.3, -0.25) is 0 Å². The summed E-state index contributed by atoms with van der Waals surface area (Å²) in [5.74, 6) is 6.19. The molecule has 2 saturated heterocycles. The fourth-order valence-electron chi connectivity index (χ4n) is 1.92. The maximum atomic E-state index is 2.26. The summed E-state index contributed by atoms with van der Waals surface area (Å²) in [5.41, 5.74) is 0. The van der Waals surface area contributed by atoms with E-state index in [-0.39, 0.29) is 46.9 Å². The molecule has 19 heavy (non-hydrogen) atoms. The van der Waals surface area contributed by atoms with Gasteiger partial charge in [-0.15, -0.1) is 0 Å². The molecule has 10 radical (unpaired) electrons. The van der Waals surface area contributed by atoms with Crippen molar-refractivity contribution in [3.05, 3.63) is 42.5 Å². The largest absolute Gasteiger partial charge is 0 e. The second kappa shape index (κ2) is 9.70. The van der Waals surface area contributed by atoms with Gasteiger partial charge in [-0.2, -0.15) is 0 Å². The van der Waals surface area contributed by atoms with Crippen molar-refractivity contribution in [1.29, 1.82) is 0 Å². The Morgan fingerprint density at radius 1 is 0.421 bits per heavy atom. The van der Waals surface area contributed by atoms with Gasteiger partial charge in [0.25, 0.3) is 0 Å². The Labute approximate surface area is 174 Å². The third-order valence-electron chi connectivity index (χ3n) is 3.97. The van der Waals surface area contributed by atoms with Gasteiger partial charge in [0.1, 0.15) is 0 Å². The molecule has 112 valence electrons. The molecule has 0 atom stereocenters. The van der Waals surface area contributed by atoms with Crippen molar-refractivity contribution < 1.29 is 46.9 Å². The Bertz CT molecular complexity index is 209. The molecule has 0 aromatic carbocycles. The molecule has 0 N–H and O–H groups in total. The van der Waals surface area contributed by atoms with E-state index >= 15 is 0 Å². The van der Waals surface area contributed by atoms with Gasteiger partial charge >= 0.3 is 129 Å². The van der Waals surface area contributed by atoms with Gasteiger partial charge < -0.3 is 0 Å². The van der Waals surface area contributed by atoms with E-state index in [1.165, 1.54) is 0 Å². The smallest absolute Gasteiger partial charge is 0 e. The van der Waals surface area contributed by atoms with Gasteiger partial charge in [-0.25, -0.2) is 0 Å². The van der Waals surface area contributed by atoms with Gasteiger partial charge in [0.05, 0.1) is 0 Å². The van der Waals surface area contributed by atoms with E-state index in [2.05, 4.69) is 55.4 Å². The Morgan fingerprint density at radius 3 is 0.632 bits per heavy atom. The summed E-state index contributed by atoms with van der Waals surface area (Å²) in [4.78, 5) is 0. The van der Waals surface area contributed by atoms with Crippen LogP contribution in [0.4, 0.5) is 0 Å². The van der Waals surface area contributed by atoms with Crippen molar-refractivity contribution in [3.63, 3.8) is 0 Å². The molecule has 0 amide bonds. The molecule has 2 aliphatic heterocycles. The Balaban J connectivity index is 0.000000324. The summed E-state index contributed by atoms with van der Waals surface area (Å²) < 4.78 is 6.56. The molecule has 2 fully saturated rings. The van der Waals surface area contributed by atoms with Crippen LogP contribution in [0.5, 0.6) is 0 Å². The first kappa shape index (κ1) is 21.6. The van der Waals surface area contributed by atoms with Crippen LogP contribution in [0.3, 0.4) is 0 Å². The Hall–Kier alpha value is 2.64. The SMILES string of the molecule is C[C]1[As][C](C)[C](C)[C]1C.C[C]1[As][C](C)[C](C)[C]1C.[Yb]. The van der Waals surface area contributed by atoms with Crippen LogP contribution in [-0.4, -0.2) is 31.5 Å². The monoisotopic (exact) mass is 540 g/mol. The van der Waals surface area contributed by atoms with Crippen molar-refractivity contribution in [1.82, 2.24) is 0 Å². The molecular weight excluding hydrogens is 515 g/mol. The van der Waals surface area contributed by atoms with Crippen LogP contribution < -0.4 is 0 Å². The van der Waals surface area contributed by atoms with Crippen molar-refractivity contribution in [3.8, 4) is 0 Å². The van der Waals surface area contributed by atoms with Crippen LogP contribution in [-0.2, 0) is 0 Å². The van der Waals surface area contributed by atoms with Gasteiger partial charge in [-0.05, 0) is 0 Å². The number of hydrogen-bond donors (Lipinski definition) is 0. The molecule has 0 spiro atoms. The van der Waals surface area contributed by atoms with E-state index < -0.39 is 0 Å². The summed E-state index contributed by atoms with van der Waals surface area (Å²) in [6.07, 6.45) is 0. The minimum atomic E-state index is 0. The van der Waals surface area contributed by atoms with Crippen LogP contribution in [0.2, 0.25) is 0 Å². The van der Waals surface area contributed by atoms with Gasteiger partial charge in [0.2, 0.25) is 0 Å². The van der Waals surface area contributed by atoms with Crippen molar-refractivity contribution in [2.45, 2.75) is 55.4 Å². The first-order chi connectivity index (χ1) is 8.25. The molecule has 0 nitrogen and oxygen atoms in total. The molecule has 0 unspecified atom stereocenters. The third kappa shape index (κ3) is 5.97. The van der Waals surface area contributed by atoms with Crippen molar-refractivity contribution >= 4 is 31.5 Å². The van der Waals surface area contributed by atoms with E-state index in [0.29, 0.717) is 31.5 Å². The molecule has 2 heterocycles. The molecule has 0 aliphatic carbocycles. The first-order valence-corrected chi connectivity index (χ1v) is 10.1. The maximum Gasteiger partial charge on any atom is 0 e. The first-order valence-electron chi connectivity index (χ1n) is 6.39. The van der Waals surface area contributed by atoms with Crippen molar-refractivity contribution in [2.24, 2.45) is 0 Å². The van der Waals surface area contributed by atoms with Gasteiger partial charge in [0.15, 0.2) is 0 Å². The topological polar surface area (TPSA) is 0 Å². The Morgan fingerprint density at radius 2 is 0.579 bits per heavy atom. The van der Waals surface area contributed by atoms with E-state index in [9.17, 15) is 0 Å². The minimum Gasteiger partial charge on any atom is 0 e. The van der Waals surface area contributed by atoms with Crippen LogP contribution in [0.15, 0.2) is 0 Å². The summed E-state index contributed by atoms with van der Waals surface area (Å²) in [6, 6.07) is 0. The zero-order chi connectivity index (χ0) is 14.0. The molecule has 0 bridgehead atoms. The summed E-state index contributed by atoms with van der Waals surface area (Å²) in [6.45, 7) is 18.0.